The van der Waals surface area contributed by atoms with Crippen molar-refractivity contribution in [2.45, 2.75) is 25.7 Å². The van der Waals surface area contributed by atoms with Crippen LogP contribution in [0, 0.1) is 0 Å². The van der Waals surface area contributed by atoms with Crippen molar-refractivity contribution in [3.8, 4) is 5.75 Å². The van der Waals surface area contributed by atoms with Gasteiger partial charge in [0.25, 0.3) is 5.91 Å². The van der Waals surface area contributed by atoms with Crippen molar-refractivity contribution in [1.82, 2.24) is 14.8 Å². The zero-order chi connectivity index (χ0) is 20.4. The molecule has 150 valence electrons. The predicted octanol–water partition coefficient (Wildman–Crippen LogP) is 3.82. The number of fused-ring (bicyclic) bond motifs is 1. The molecule has 1 aromatic heterocycles. The lowest BCUT2D eigenvalue weighted by Gasteiger charge is -2.30. The number of alkyl halides is 3. The van der Waals surface area contributed by atoms with E-state index in [1.807, 2.05) is 12.1 Å². The van der Waals surface area contributed by atoms with E-state index in [1.54, 1.807) is 28.0 Å². The van der Waals surface area contributed by atoms with Gasteiger partial charge in [0.15, 0.2) is 0 Å². The zero-order valence-electron chi connectivity index (χ0n) is 15.3. The first kappa shape index (κ1) is 19.0. The van der Waals surface area contributed by atoms with Crippen LogP contribution < -0.4 is 9.64 Å². The number of carbonyl (C=O) groups is 1. The van der Waals surface area contributed by atoms with Crippen molar-refractivity contribution in [1.29, 1.82) is 0 Å². The molecule has 1 aliphatic rings. The van der Waals surface area contributed by atoms with Crippen LogP contribution in [0.15, 0.2) is 55.1 Å². The summed E-state index contributed by atoms with van der Waals surface area (Å²) in [5, 5.41) is 4.05. The van der Waals surface area contributed by atoms with Gasteiger partial charge in [0.05, 0.1) is 6.54 Å². The standard InChI is InChI=1S/C20H17F3N4O2/c21-20(22,23)29-17-7-8-18-16(10-17)2-1-9-27(18)19(28)15-5-3-14(4-6-15)11-26-13-24-12-25-26/h3-8,10,12-13H,1-2,9,11H2. The topological polar surface area (TPSA) is 60.2 Å². The minimum absolute atomic E-state index is 0.192. The van der Waals surface area contributed by atoms with Gasteiger partial charge in [-0.3, -0.25) is 4.79 Å². The summed E-state index contributed by atoms with van der Waals surface area (Å²) in [7, 11) is 0. The minimum atomic E-state index is -4.74. The second-order valence-electron chi connectivity index (χ2n) is 6.69. The molecule has 6 nitrogen and oxygen atoms in total. The molecule has 0 saturated carbocycles. The summed E-state index contributed by atoms with van der Waals surface area (Å²) < 4.78 is 43.0. The fourth-order valence-corrected chi connectivity index (χ4v) is 3.39. The monoisotopic (exact) mass is 402 g/mol. The predicted molar refractivity (Wildman–Crippen MR) is 98.7 cm³/mol. The van der Waals surface area contributed by atoms with Crippen molar-refractivity contribution < 1.29 is 22.7 Å². The van der Waals surface area contributed by atoms with Crippen molar-refractivity contribution >= 4 is 11.6 Å². The highest BCUT2D eigenvalue weighted by atomic mass is 19.4. The van der Waals surface area contributed by atoms with Crippen LogP contribution >= 0.6 is 0 Å². The average Bonchev–Trinajstić information content (AvgIpc) is 3.19. The number of nitrogens with zero attached hydrogens (tertiary/aromatic N) is 4. The number of hydrogen-bond donors (Lipinski definition) is 0. The fourth-order valence-electron chi connectivity index (χ4n) is 3.39. The molecule has 0 unspecified atom stereocenters. The first-order valence-electron chi connectivity index (χ1n) is 9.01. The van der Waals surface area contributed by atoms with E-state index in [4.69, 9.17) is 0 Å². The molecule has 9 heteroatoms. The van der Waals surface area contributed by atoms with Crippen molar-refractivity contribution in [3.05, 3.63) is 71.8 Å². The summed E-state index contributed by atoms with van der Waals surface area (Å²) in [6.07, 6.45) is -0.423. The summed E-state index contributed by atoms with van der Waals surface area (Å²) in [6.45, 7) is 1.05. The molecule has 0 fully saturated rings. The van der Waals surface area contributed by atoms with Crippen LogP contribution in [0.4, 0.5) is 18.9 Å². The number of hydrogen-bond acceptors (Lipinski definition) is 4. The van der Waals surface area contributed by atoms with Crippen LogP contribution in [0.5, 0.6) is 5.75 Å². The summed E-state index contributed by atoms with van der Waals surface area (Å²) in [5.41, 5.74) is 2.76. The zero-order valence-corrected chi connectivity index (χ0v) is 15.3. The second-order valence-corrected chi connectivity index (χ2v) is 6.69. The molecule has 0 N–H and O–H groups in total. The Hall–Kier alpha value is -3.36. The van der Waals surface area contributed by atoms with Gasteiger partial charge in [-0.1, -0.05) is 12.1 Å². The molecule has 0 bridgehead atoms. The minimum Gasteiger partial charge on any atom is -0.406 e. The third-order valence-corrected chi connectivity index (χ3v) is 4.66. The lowest BCUT2D eigenvalue weighted by molar-refractivity contribution is -0.274. The van der Waals surface area contributed by atoms with Crippen molar-refractivity contribution in [2.75, 3.05) is 11.4 Å². The maximum atomic E-state index is 13.0. The van der Waals surface area contributed by atoms with E-state index in [2.05, 4.69) is 14.8 Å². The molecule has 0 aliphatic carbocycles. The lowest BCUT2D eigenvalue weighted by Crippen LogP contribution is -2.35. The SMILES string of the molecule is O=C(c1ccc(Cn2cncn2)cc1)N1CCCc2cc(OC(F)(F)F)ccc21. The quantitative estimate of drug-likeness (QED) is 0.666. The lowest BCUT2D eigenvalue weighted by atomic mass is 10.00. The highest BCUT2D eigenvalue weighted by molar-refractivity contribution is 6.06. The Morgan fingerprint density at radius 1 is 1.14 bits per heavy atom. The second kappa shape index (κ2) is 7.57. The van der Waals surface area contributed by atoms with Gasteiger partial charge < -0.3 is 9.64 Å². The van der Waals surface area contributed by atoms with Crippen molar-refractivity contribution in [3.63, 3.8) is 0 Å². The number of ether oxygens (including phenoxy) is 1. The number of halogens is 3. The molecule has 2 heterocycles. The molecule has 1 aliphatic heterocycles. The van der Waals surface area contributed by atoms with E-state index >= 15 is 0 Å². The summed E-state index contributed by atoms with van der Waals surface area (Å²) in [6, 6.07) is 11.3. The van der Waals surface area contributed by atoms with Gasteiger partial charge in [0.2, 0.25) is 0 Å². The van der Waals surface area contributed by atoms with Gasteiger partial charge in [-0.05, 0) is 54.3 Å². The number of benzene rings is 2. The Labute approximate surface area is 164 Å². The molecule has 0 spiro atoms. The Kier molecular flexibility index (Phi) is 4.96. The number of amides is 1. The Bertz CT molecular complexity index is 1000. The average molecular weight is 402 g/mol. The number of anilines is 1. The van der Waals surface area contributed by atoms with Crippen LogP contribution in [-0.2, 0) is 13.0 Å². The molecule has 4 rings (SSSR count). The molecule has 0 saturated heterocycles. The van der Waals surface area contributed by atoms with Gasteiger partial charge in [-0.25, -0.2) is 9.67 Å². The fraction of sp³-hybridized carbons (Fsp3) is 0.250. The highest BCUT2D eigenvalue weighted by Crippen LogP contribution is 2.33. The van der Waals surface area contributed by atoms with Gasteiger partial charge in [0, 0.05) is 17.8 Å². The number of aryl methyl sites for hydroxylation is 1. The Morgan fingerprint density at radius 2 is 1.93 bits per heavy atom. The molecule has 3 aromatic rings. The van der Waals surface area contributed by atoms with E-state index in [0.29, 0.717) is 42.7 Å². The molecular formula is C20H17F3N4O2. The maximum Gasteiger partial charge on any atom is 0.573 e. The van der Waals surface area contributed by atoms with Crippen LogP contribution in [0.3, 0.4) is 0 Å². The van der Waals surface area contributed by atoms with E-state index in [-0.39, 0.29) is 11.7 Å². The van der Waals surface area contributed by atoms with Gasteiger partial charge in [-0.15, -0.1) is 13.2 Å². The normalized spacial score (nSPS) is 13.8. The van der Waals surface area contributed by atoms with Crippen LogP contribution in [0.2, 0.25) is 0 Å². The molecule has 29 heavy (non-hydrogen) atoms. The number of carbonyl (C=O) groups excluding carboxylic acids is 1. The number of rotatable bonds is 4. The van der Waals surface area contributed by atoms with Crippen molar-refractivity contribution in [2.24, 2.45) is 0 Å². The first-order chi connectivity index (χ1) is 13.9. The van der Waals surface area contributed by atoms with Crippen LogP contribution in [0.25, 0.3) is 0 Å². The summed E-state index contributed by atoms with van der Waals surface area (Å²) in [4.78, 5) is 18.5. The van der Waals surface area contributed by atoms with Crippen LogP contribution in [-0.4, -0.2) is 33.6 Å². The molecule has 0 atom stereocenters. The van der Waals surface area contributed by atoms with Crippen LogP contribution in [0.1, 0.15) is 27.9 Å². The smallest absolute Gasteiger partial charge is 0.406 e. The van der Waals surface area contributed by atoms with E-state index in [9.17, 15) is 18.0 Å². The molecule has 0 radical (unpaired) electrons. The van der Waals surface area contributed by atoms with Gasteiger partial charge in [-0.2, -0.15) is 5.10 Å². The largest absolute Gasteiger partial charge is 0.573 e. The summed E-state index contributed by atoms with van der Waals surface area (Å²) in [5.74, 6) is -0.467. The molecular weight excluding hydrogens is 385 g/mol. The third kappa shape index (κ3) is 4.39. The van der Waals surface area contributed by atoms with Gasteiger partial charge in [0.1, 0.15) is 18.4 Å². The third-order valence-electron chi connectivity index (χ3n) is 4.66. The molecule has 2 aromatic carbocycles. The van der Waals surface area contributed by atoms with E-state index < -0.39 is 6.36 Å². The summed E-state index contributed by atoms with van der Waals surface area (Å²) >= 11 is 0. The molecule has 1 amide bonds. The highest BCUT2D eigenvalue weighted by Gasteiger charge is 2.32. The Morgan fingerprint density at radius 3 is 2.62 bits per heavy atom. The van der Waals surface area contributed by atoms with E-state index in [1.165, 1.54) is 24.5 Å². The number of aromatic nitrogens is 3. The first-order valence-corrected chi connectivity index (χ1v) is 9.01. The van der Waals surface area contributed by atoms with E-state index in [0.717, 1.165) is 5.56 Å². The maximum absolute atomic E-state index is 13.0. The Balaban J connectivity index is 1.52. The van der Waals surface area contributed by atoms with Gasteiger partial charge >= 0.3 is 6.36 Å².